The van der Waals surface area contributed by atoms with Crippen molar-refractivity contribution in [2.75, 3.05) is 13.1 Å². The Kier molecular flexibility index (Phi) is 4.86. The maximum absolute atomic E-state index is 9.52. The van der Waals surface area contributed by atoms with Gasteiger partial charge < -0.3 is 0 Å². The Hall–Kier alpha value is -0.550. The predicted octanol–water partition coefficient (Wildman–Crippen LogP) is 3.58. The lowest BCUT2D eigenvalue weighted by Crippen LogP contribution is -2.41. The molecule has 2 aliphatic rings. The van der Waals surface area contributed by atoms with E-state index in [9.17, 15) is 5.26 Å². The molecule has 1 saturated carbocycles. The standard InChI is InChI=1S/C15H26N2/c1-13-7-6-8-14(11-13)15(12-16)17-9-4-2-3-5-10-17/h13-15H,2-11H2,1H3. The van der Waals surface area contributed by atoms with Crippen LogP contribution >= 0.6 is 0 Å². The van der Waals surface area contributed by atoms with Crippen molar-refractivity contribution in [1.82, 2.24) is 4.90 Å². The van der Waals surface area contributed by atoms with Gasteiger partial charge in [-0.25, -0.2) is 0 Å². The second-order valence-electron chi connectivity index (χ2n) is 6.06. The molecule has 3 unspecified atom stereocenters. The Labute approximate surface area is 106 Å². The molecule has 2 heteroatoms. The summed E-state index contributed by atoms with van der Waals surface area (Å²) in [4.78, 5) is 2.48. The van der Waals surface area contributed by atoms with Crippen LogP contribution in [0.25, 0.3) is 0 Å². The summed E-state index contributed by atoms with van der Waals surface area (Å²) >= 11 is 0. The van der Waals surface area contributed by atoms with Crippen LogP contribution in [0.3, 0.4) is 0 Å². The zero-order valence-electron chi connectivity index (χ0n) is 11.2. The van der Waals surface area contributed by atoms with Gasteiger partial charge in [0, 0.05) is 0 Å². The third-order valence-electron chi connectivity index (χ3n) is 4.59. The molecule has 0 spiro atoms. The van der Waals surface area contributed by atoms with Gasteiger partial charge in [-0.1, -0.05) is 32.6 Å². The van der Waals surface area contributed by atoms with E-state index in [-0.39, 0.29) is 6.04 Å². The molecule has 2 nitrogen and oxygen atoms in total. The zero-order valence-corrected chi connectivity index (χ0v) is 11.2. The van der Waals surface area contributed by atoms with Gasteiger partial charge in [0.1, 0.15) is 6.04 Å². The van der Waals surface area contributed by atoms with Crippen molar-refractivity contribution in [3.05, 3.63) is 0 Å². The molecule has 0 aromatic heterocycles. The second kappa shape index (κ2) is 6.40. The van der Waals surface area contributed by atoms with Crippen LogP contribution in [0.2, 0.25) is 0 Å². The summed E-state index contributed by atoms with van der Waals surface area (Å²) in [6.07, 6.45) is 10.5. The highest BCUT2D eigenvalue weighted by Crippen LogP contribution is 2.33. The van der Waals surface area contributed by atoms with E-state index < -0.39 is 0 Å². The molecule has 1 saturated heterocycles. The van der Waals surface area contributed by atoms with Crippen molar-refractivity contribution in [3.8, 4) is 6.07 Å². The van der Waals surface area contributed by atoms with E-state index in [2.05, 4.69) is 17.9 Å². The minimum Gasteiger partial charge on any atom is -0.288 e. The van der Waals surface area contributed by atoms with Crippen LogP contribution in [-0.2, 0) is 0 Å². The highest BCUT2D eigenvalue weighted by molar-refractivity contribution is 4.98. The lowest BCUT2D eigenvalue weighted by atomic mass is 9.78. The summed E-state index contributed by atoms with van der Waals surface area (Å²) < 4.78 is 0. The van der Waals surface area contributed by atoms with E-state index in [0.717, 1.165) is 19.0 Å². The van der Waals surface area contributed by atoms with Crippen molar-refractivity contribution < 1.29 is 0 Å². The SMILES string of the molecule is CC1CCCC(C(C#N)N2CCCCCC2)C1. The maximum atomic E-state index is 9.52. The van der Waals surface area contributed by atoms with E-state index in [1.165, 1.54) is 51.4 Å². The lowest BCUT2D eigenvalue weighted by molar-refractivity contribution is 0.141. The molecule has 2 rings (SSSR count). The molecule has 17 heavy (non-hydrogen) atoms. The number of rotatable bonds is 2. The van der Waals surface area contributed by atoms with Gasteiger partial charge >= 0.3 is 0 Å². The first-order chi connectivity index (χ1) is 8.31. The molecular formula is C15H26N2. The summed E-state index contributed by atoms with van der Waals surface area (Å²) in [5, 5.41) is 9.52. The van der Waals surface area contributed by atoms with Crippen molar-refractivity contribution in [2.24, 2.45) is 11.8 Å². The Morgan fingerprint density at radius 2 is 1.76 bits per heavy atom. The molecule has 3 atom stereocenters. The fraction of sp³-hybridized carbons (Fsp3) is 0.933. The first kappa shape index (κ1) is 12.9. The van der Waals surface area contributed by atoms with Gasteiger partial charge in [-0.15, -0.1) is 0 Å². The molecule has 0 bridgehead atoms. The van der Waals surface area contributed by atoms with Crippen LogP contribution in [0.5, 0.6) is 0 Å². The molecule has 0 amide bonds. The largest absolute Gasteiger partial charge is 0.288 e. The highest BCUT2D eigenvalue weighted by atomic mass is 15.2. The van der Waals surface area contributed by atoms with Gasteiger partial charge in [0.05, 0.1) is 6.07 Å². The Balaban J connectivity index is 1.96. The smallest absolute Gasteiger partial charge is 0.101 e. The molecule has 96 valence electrons. The summed E-state index contributed by atoms with van der Waals surface area (Å²) in [5.41, 5.74) is 0. The average molecular weight is 234 g/mol. The van der Waals surface area contributed by atoms with Gasteiger partial charge in [-0.05, 0) is 50.6 Å². The Bertz CT molecular complexity index is 259. The van der Waals surface area contributed by atoms with Crippen molar-refractivity contribution in [3.63, 3.8) is 0 Å². The number of hydrogen-bond acceptors (Lipinski definition) is 2. The first-order valence-electron chi connectivity index (χ1n) is 7.45. The van der Waals surface area contributed by atoms with Crippen molar-refractivity contribution in [2.45, 2.75) is 64.3 Å². The van der Waals surface area contributed by atoms with Crippen LogP contribution in [0.15, 0.2) is 0 Å². The average Bonchev–Trinajstić information content (AvgIpc) is 2.59. The third kappa shape index (κ3) is 3.45. The topological polar surface area (TPSA) is 27.0 Å². The first-order valence-corrected chi connectivity index (χ1v) is 7.45. The molecular weight excluding hydrogens is 208 g/mol. The summed E-state index contributed by atoms with van der Waals surface area (Å²) in [5.74, 6) is 1.47. The van der Waals surface area contributed by atoms with Crippen molar-refractivity contribution in [1.29, 1.82) is 5.26 Å². The minimum absolute atomic E-state index is 0.204. The summed E-state index contributed by atoms with van der Waals surface area (Å²) in [6, 6.07) is 2.82. The van der Waals surface area contributed by atoms with Gasteiger partial charge in [0.15, 0.2) is 0 Å². The maximum Gasteiger partial charge on any atom is 0.101 e. The summed E-state index contributed by atoms with van der Waals surface area (Å²) in [6.45, 7) is 4.66. The molecule has 2 fully saturated rings. The van der Waals surface area contributed by atoms with E-state index in [1.807, 2.05) is 0 Å². The lowest BCUT2D eigenvalue weighted by Gasteiger charge is -2.36. The van der Waals surface area contributed by atoms with E-state index in [0.29, 0.717) is 5.92 Å². The number of likely N-dealkylation sites (tertiary alicyclic amines) is 1. The quantitative estimate of drug-likeness (QED) is 0.730. The molecule has 0 N–H and O–H groups in total. The molecule has 1 aliphatic carbocycles. The number of nitrogens with zero attached hydrogens (tertiary/aromatic N) is 2. The molecule has 1 heterocycles. The Morgan fingerprint density at radius 1 is 1.06 bits per heavy atom. The predicted molar refractivity (Wildman–Crippen MR) is 70.6 cm³/mol. The number of nitriles is 1. The van der Waals surface area contributed by atoms with Gasteiger partial charge in [0.25, 0.3) is 0 Å². The minimum atomic E-state index is 0.204. The van der Waals surface area contributed by atoms with Crippen LogP contribution in [0.1, 0.15) is 58.3 Å². The molecule has 0 aromatic carbocycles. The van der Waals surface area contributed by atoms with Crippen LogP contribution in [-0.4, -0.2) is 24.0 Å². The summed E-state index contributed by atoms with van der Waals surface area (Å²) in [7, 11) is 0. The van der Waals surface area contributed by atoms with Gasteiger partial charge in [0.2, 0.25) is 0 Å². The second-order valence-corrected chi connectivity index (χ2v) is 6.06. The van der Waals surface area contributed by atoms with Gasteiger partial charge in [-0.2, -0.15) is 5.26 Å². The number of hydrogen-bond donors (Lipinski definition) is 0. The van der Waals surface area contributed by atoms with Gasteiger partial charge in [-0.3, -0.25) is 4.90 Å². The highest BCUT2D eigenvalue weighted by Gasteiger charge is 2.30. The molecule has 0 radical (unpaired) electrons. The monoisotopic (exact) mass is 234 g/mol. The van der Waals surface area contributed by atoms with E-state index in [1.54, 1.807) is 0 Å². The van der Waals surface area contributed by atoms with Crippen LogP contribution in [0.4, 0.5) is 0 Å². The zero-order chi connectivity index (χ0) is 12.1. The fourth-order valence-electron chi connectivity index (χ4n) is 3.63. The fourth-order valence-corrected chi connectivity index (χ4v) is 3.63. The molecule has 1 aliphatic heterocycles. The Morgan fingerprint density at radius 3 is 2.35 bits per heavy atom. The van der Waals surface area contributed by atoms with Crippen LogP contribution in [0, 0.1) is 23.2 Å². The van der Waals surface area contributed by atoms with E-state index >= 15 is 0 Å². The van der Waals surface area contributed by atoms with E-state index in [4.69, 9.17) is 0 Å². The van der Waals surface area contributed by atoms with Crippen LogP contribution < -0.4 is 0 Å². The third-order valence-corrected chi connectivity index (χ3v) is 4.59. The normalized spacial score (nSPS) is 33.6. The van der Waals surface area contributed by atoms with Crippen molar-refractivity contribution >= 4 is 0 Å². The molecule has 0 aromatic rings.